The first-order valence-corrected chi connectivity index (χ1v) is 7.24. The van der Waals surface area contributed by atoms with Crippen LogP contribution < -0.4 is 5.73 Å². The van der Waals surface area contributed by atoms with Crippen LogP contribution >= 0.6 is 0 Å². The molecule has 2 N–H and O–H groups in total. The summed E-state index contributed by atoms with van der Waals surface area (Å²) < 4.78 is 29.5. The van der Waals surface area contributed by atoms with E-state index in [-0.39, 0.29) is 10.9 Å². The molecular weight excluding hydrogens is 268 g/mol. The van der Waals surface area contributed by atoms with Crippen molar-refractivity contribution in [1.82, 2.24) is 14.8 Å². The minimum Gasteiger partial charge on any atom is -0.422 e. The molecule has 19 heavy (non-hydrogen) atoms. The number of nitrogens with two attached hydrogens (primary N) is 1. The lowest BCUT2D eigenvalue weighted by Gasteiger charge is -1.91. The number of aromatic nitrogens is 3. The molecule has 0 bridgehead atoms. The predicted octanol–water partition coefficient (Wildman–Crippen LogP) is 0.999. The first-order valence-electron chi connectivity index (χ1n) is 5.35. The normalized spacial score (nSPS) is 12.1. The average molecular weight is 278 g/mol. The van der Waals surface area contributed by atoms with E-state index in [0.717, 1.165) is 6.26 Å². The lowest BCUT2D eigenvalue weighted by molar-refractivity contribution is 0.542. The van der Waals surface area contributed by atoms with Crippen LogP contribution in [0.3, 0.4) is 0 Å². The van der Waals surface area contributed by atoms with Crippen molar-refractivity contribution < 1.29 is 12.8 Å². The molecule has 0 spiro atoms. The Kier molecular flexibility index (Phi) is 2.36. The van der Waals surface area contributed by atoms with Crippen LogP contribution in [-0.4, -0.2) is 29.4 Å². The first-order chi connectivity index (χ1) is 8.95. The van der Waals surface area contributed by atoms with E-state index in [4.69, 9.17) is 10.2 Å². The molecule has 0 amide bonds. The lowest BCUT2D eigenvalue weighted by Crippen LogP contribution is -1.96. The summed E-state index contributed by atoms with van der Waals surface area (Å²) in [6.45, 7) is 0. The number of nitrogen functional groups attached to an aromatic ring is 1. The van der Waals surface area contributed by atoms with Crippen LogP contribution in [-0.2, 0) is 9.84 Å². The number of benzene rings is 1. The van der Waals surface area contributed by atoms with E-state index >= 15 is 0 Å². The zero-order valence-electron chi connectivity index (χ0n) is 9.94. The average Bonchev–Trinajstić information content (AvgIpc) is 2.94. The largest absolute Gasteiger partial charge is 0.422 e. The first kappa shape index (κ1) is 11.7. The van der Waals surface area contributed by atoms with E-state index in [1.54, 1.807) is 18.2 Å². The third-order valence-corrected chi connectivity index (χ3v) is 3.69. The van der Waals surface area contributed by atoms with Gasteiger partial charge in [-0.05, 0) is 12.1 Å². The topological polar surface area (TPSA) is 104 Å². The summed E-state index contributed by atoms with van der Waals surface area (Å²) in [6.07, 6.45) is 3.70. The molecule has 0 aliphatic heterocycles. The molecular formula is C11H10N4O3S. The number of oxazole rings is 1. The highest BCUT2D eigenvalue weighted by molar-refractivity contribution is 7.90. The Labute approximate surface area is 108 Å². The summed E-state index contributed by atoms with van der Waals surface area (Å²) in [5.41, 5.74) is 7.30. The molecule has 8 heteroatoms. The van der Waals surface area contributed by atoms with E-state index in [9.17, 15) is 8.42 Å². The fourth-order valence-corrected chi connectivity index (χ4v) is 2.19. The van der Waals surface area contributed by atoms with Gasteiger partial charge in [-0.2, -0.15) is 14.8 Å². The van der Waals surface area contributed by atoms with Crippen molar-refractivity contribution in [3.05, 3.63) is 30.6 Å². The Balaban J connectivity index is 2.15. The number of anilines is 1. The third kappa shape index (κ3) is 1.95. The number of hydrogen-bond donors (Lipinski definition) is 1. The molecule has 0 aliphatic carbocycles. The maximum atomic E-state index is 11.4. The molecule has 0 saturated heterocycles. The van der Waals surface area contributed by atoms with Crippen LogP contribution in [0.2, 0.25) is 0 Å². The number of rotatable bonds is 2. The van der Waals surface area contributed by atoms with Gasteiger partial charge in [0.15, 0.2) is 15.4 Å². The quantitative estimate of drug-likeness (QED) is 0.701. The standard InChI is InChI=1S/C11H10N4O3S/c1-19(16,17)7-5-13-15(6-7)11-14-10-8(12)3-2-4-9(10)18-11/h2-6H,12H2,1H3. The van der Waals surface area contributed by atoms with Crippen LogP contribution in [0.1, 0.15) is 0 Å². The van der Waals surface area contributed by atoms with E-state index in [2.05, 4.69) is 10.1 Å². The summed E-state index contributed by atoms with van der Waals surface area (Å²) in [6, 6.07) is 5.35. The van der Waals surface area contributed by atoms with Crippen LogP contribution in [0.25, 0.3) is 17.1 Å². The second-order valence-corrected chi connectivity index (χ2v) is 6.10. The van der Waals surface area contributed by atoms with Crippen molar-refractivity contribution in [2.75, 3.05) is 12.0 Å². The Morgan fingerprint density at radius 2 is 2.16 bits per heavy atom. The smallest absolute Gasteiger partial charge is 0.323 e. The maximum absolute atomic E-state index is 11.4. The second-order valence-electron chi connectivity index (χ2n) is 4.08. The van der Waals surface area contributed by atoms with E-state index in [1.165, 1.54) is 17.1 Å². The SMILES string of the molecule is CS(=O)(=O)c1cnn(-c2nc3c(N)cccc3o2)c1. The Morgan fingerprint density at radius 1 is 1.37 bits per heavy atom. The van der Waals surface area contributed by atoms with Gasteiger partial charge in [-0.1, -0.05) is 6.07 Å². The third-order valence-electron chi connectivity index (χ3n) is 2.62. The molecule has 98 valence electrons. The van der Waals surface area contributed by atoms with Crippen molar-refractivity contribution in [2.24, 2.45) is 0 Å². The molecule has 0 saturated carbocycles. The van der Waals surface area contributed by atoms with E-state index in [0.29, 0.717) is 16.8 Å². The summed E-state index contributed by atoms with van der Waals surface area (Å²) in [5, 5.41) is 3.92. The van der Waals surface area contributed by atoms with Crippen molar-refractivity contribution in [3.63, 3.8) is 0 Å². The molecule has 0 fully saturated rings. The summed E-state index contributed by atoms with van der Waals surface area (Å²) >= 11 is 0. The Morgan fingerprint density at radius 3 is 2.79 bits per heavy atom. The molecule has 2 aromatic heterocycles. The zero-order valence-corrected chi connectivity index (χ0v) is 10.8. The van der Waals surface area contributed by atoms with Gasteiger partial charge < -0.3 is 10.2 Å². The van der Waals surface area contributed by atoms with Crippen molar-refractivity contribution >= 4 is 26.6 Å². The highest BCUT2D eigenvalue weighted by Gasteiger charge is 2.14. The molecule has 1 aromatic carbocycles. The monoisotopic (exact) mass is 278 g/mol. The van der Waals surface area contributed by atoms with Crippen molar-refractivity contribution in [2.45, 2.75) is 4.90 Å². The summed E-state index contributed by atoms with van der Waals surface area (Å²) in [5.74, 6) is 0. The lowest BCUT2D eigenvalue weighted by atomic mass is 10.3. The van der Waals surface area contributed by atoms with Crippen molar-refractivity contribution in [3.8, 4) is 6.01 Å². The highest BCUT2D eigenvalue weighted by Crippen LogP contribution is 2.23. The molecule has 2 heterocycles. The van der Waals surface area contributed by atoms with Gasteiger partial charge >= 0.3 is 6.01 Å². The highest BCUT2D eigenvalue weighted by atomic mass is 32.2. The van der Waals surface area contributed by atoms with Gasteiger partial charge in [0.1, 0.15) is 10.4 Å². The van der Waals surface area contributed by atoms with Crippen LogP contribution in [0.15, 0.2) is 39.9 Å². The Bertz CT molecular complexity index is 863. The Hall–Kier alpha value is -2.35. The number of fused-ring (bicyclic) bond motifs is 1. The van der Waals surface area contributed by atoms with Gasteiger partial charge in [0.25, 0.3) is 0 Å². The number of sulfone groups is 1. The number of nitrogens with zero attached hydrogens (tertiary/aromatic N) is 3. The fourth-order valence-electron chi connectivity index (χ4n) is 1.66. The zero-order chi connectivity index (χ0) is 13.6. The molecule has 0 unspecified atom stereocenters. The molecule has 3 aromatic rings. The molecule has 7 nitrogen and oxygen atoms in total. The van der Waals surface area contributed by atoms with Gasteiger partial charge in [-0.3, -0.25) is 0 Å². The van der Waals surface area contributed by atoms with Crippen LogP contribution in [0.4, 0.5) is 5.69 Å². The number of para-hydroxylation sites is 1. The van der Waals surface area contributed by atoms with E-state index in [1.807, 2.05) is 0 Å². The van der Waals surface area contributed by atoms with Gasteiger partial charge in [0, 0.05) is 6.26 Å². The van der Waals surface area contributed by atoms with Gasteiger partial charge in [-0.15, -0.1) is 0 Å². The van der Waals surface area contributed by atoms with Gasteiger partial charge in [-0.25, -0.2) is 8.42 Å². The minimum atomic E-state index is -3.31. The summed E-state index contributed by atoms with van der Waals surface area (Å²) in [7, 11) is -3.31. The maximum Gasteiger partial charge on any atom is 0.323 e. The van der Waals surface area contributed by atoms with E-state index < -0.39 is 9.84 Å². The molecule has 0 aliphatic rings. The summed E-state index contributed by atoms with van der Waals surface area (Å²) in [4.78, 5) is 4.29. The predicted molar refractivity (Wildman–Crippen MR) is 68.7 cm³/mol. The minimum absolute atomic E-state index is 0.0997. The van der Waals surface area contributed by atoms with Crippen LogP contribution in [0.5, 0.6) is 0 Å². The van der Waals surface area contributed by atoms with Crippen molar-refractivity contribution in [1.29, 1.82) is 0 Å². The second kappa shape index (κ2) is 3.82. The molecule has 3 rings (SSSR count). The fraction of sp³-hybridized carbons (Fsp3) is 0.0909. The van der Waals surface area contributed by atoms with Gasteiger partial charge in [0.05, 0.1) is 18.1 Å². The van der Waals surface area contributed by atoms with Crippen LogP contribution in [0, 0.1) is 0 Å². The molecule has 0 radical (unpaired) electrons. The molecule has 0 atom stereocenters. The van der Waals surface area contributed by atoms with Gasteiger partial charge in [0.2, 0.25) is 0 Å². The number of hydrogen-bond acceptors (Lipinski definition) is 6.